The van der Waals surface area contributed by atoms with Crippen molar-refractivity contribution in [3.63, 3.8) is 0 Å². The largest absolute Gasteiger partial charge is 0.0623 e. The maximum Gasteiger partial charge on any atom is -0.0623 e. The van der Waals surface area contributed by atoms with Gasteiger partial charge in [0.15, 0.2) is 0 Å². The van der Waals surface area contributed by atoms with Crippen LogP contribution in [0.5, 0.6) is 0 Å². The normalized spacial score (nSPS) is 9.77. The third kappa shape index (κ3) is 57.2. The molecule has 0 atom stereocenters. The van der Waals surface area contributed by atoms with Gasteiger partial charge in [-0.1, -0.05) is 153 Å². The minimum atomic E-state index is -0.909. The van der Waals surface area contributed by atoms with Crippen LogP contribution in [0.25, 0.3) is 0 Å². The monoisotopic (exact) mass is 710 g/mol. The summed E-state index contributed by atoms with van der Waals surface area (Å²) in [5, 5.41) is 20.2. The van der Waals surface area contributed by atoms with E-state index in [4.69, 9.17) is 0 Å². The summed E-state index contributed by atoms with van der Waals surface area (Å²) in [6, 6.07) is 12.0. The van der Waals surface area contributed by atoms with Crippen molar-refractivity contribution in [3.05, 3.63) is 36.4 Å². The second-order valence-electron chi connectivity index (χ2n) is 11.5. The number of rotatable bonds is 26. The Labute approximate surface area is 278 Å². The van der Waals surface area contributed by atoms with E-state index in [-0.39, 0.29) is 34.0 Å². The molecule has 0 saturated carbocycles. The second-order valence-corrected chi connectivity index (χ2v) is 15.8. The van der Waals surface area contributed by atoms with Crippen LogP contribution in [0.1, 0.15) is 182 Å². The van der Waals surface area contributed by atoms with Gasteiger partial charge in [-0.15, -0.1) is 0 Å². The smallest absolute Gasteiger partial charge is 0.0623 e. The topological polar surface area (TPSA) is 80.3 Å². The maximum atomic E-state index is 10.1. The molecule has 0 aliphatic rings. The Morgan fingerprint density at radius 3 is 0.860 bits per heavy atom. The van der Waals surface area contributed by atoms with E-state index in [1.807, 2.05) is 36.4 Å². The van der Waals surface area contributed by atoms with Crippen LogP contribution in [0.15, 0.2) is 36.4 Å². The van der Waals surface area contributed by atoms with Gasteiger partial charge in [-0.2, -0.15) is 0 Å². The Kier molecular flexibility index (Phi) is 49.0. The molecule has 0 radical (unpaired) electrons. The number of carbonyl (C=O) groups excluding carboxylic acids is 2. The zero-order valence-corrected chi connectivity index (χ0v) is 31.8. The van der Waals surface area contributed by atoms with Gasteiger partial charge in [-0.05, 0) is 25.7 Å². The molecular formula is C38H70O4Sn. The van der Waals surface area contributed by atoms with Gasteiger partial charge in [-0.3, -0.25) is 0 Å². The molecule has 0 aromatic heterocycles. The van der Waals surface area contributed by atoms with E-state index in [1.165, 1.54) is 116 Å². The molecule has 0 saturated heterocycles. The maximum absolute atomic E-state index is 10.1. The molecule has 43 heavy (non-hydrogen) atoms. The minimum absolute atomic E-state index is 0.149. The molecule has 1 aromatic carbocycles. The van der Waals surface area contributed by atoms with E-state index in [0.717, 1.165) is 25.7 Å². The van der Waals surface area contributed by atoms with Crippen molar-refractivity contribution in [2.24, 2.45) is 0 Å². The first kappa shape index (κ1) is 46.4. The molecule has 0 amide bonds. The molecule has 1 aromatic rings. The molecule has 250 valence electrons. The molecule has 0 aliphatic heterocycles. The van der Waals surface area contributed by atoms with Crippen LogP contribution in [0.4, 0.5) is 0 Å². The number of hydrogen-bond donors (Lipinski definition) is 0. The van der Waals surface area contributed by atoms with E-state index in [2.05, 4.69) is 27.7 Å². The molecule has 5 heteroatoms. The summed E-state index contributed by atoms with van der Waals surface area (Å²) in [5.41, 5.74) is 0. The Morgan fingerprint density at radius 2 is 0.628 bits per heavy atom. The molecule has 0 N–H and O–H groups in total. The van der Waals surface area contributed by atoms with Gasteiger partial charge in [0.2, 0.25) is 0 Å². The van der Waals surface area contributed by atoms with Crippen molar-refractivity contribution in [1.82, 2.24) is 0 Å². The van der Waals surface area contributed by atoms with Crippen LogP contribution >= 0.6 is 0 Å². The van der Waals surface area contributed by atoms with Crippen molar-refractivity contribution in [3.8, 4) is 0 Å². The van der Waals surface area contributed by atoms with E-state index >= 15 is 0 Å². The minimum Gasteiger partial charge on any atom is -0.0623 e. The molecule has 0 unspecified atom stereocenters. The predicted octanol–water partition coefficient (Wildman–Crippen LogP) is 10.1. The van der Waals surface area contributed by atoms with Gasteiger partial charge >= 0.3 is 69.5 Å². The fourth-order valence-electron chi connectivity index (χ4n) is 4.27. The van der Waals surface area contributed by atoms with Crippen molar-refractivity contribution >= 4 is 33.1 Å². The molecule has 0 bridgehead atoms. The number of aliphatic carboxylic acids is 2. The molecule has 0 fully saturated rings. The number of unbranched alkanes of at least 4 members (excludes halogenated alkanes) is 18. The van der Waals surface area contributed by atoms with Crippen molar-refractivity contribution < 1.29 is 19.8 Å². The Balaban J connectivity index is -0.000000518. The average molecular weight is 710 g/mol. The van der Waals surface area contributed by atoms with Gasteiger partial charge < -0.3 is 19.8 Å². The standard InChI is InChI=1S/2C12H24O2.C6H6.2C4H9.Sn/c2*1-2-3-4-5-6-7-8-9-10-11-12(13)14;1-2-4-6-5-3-1;2*1-3-4-2;/h2*2-11H2,1H3,(H,13,14);1-6H;2*1,3-4H2,2H3;/q;;;;;+2/p-2. The number of benzene rings is 1. The first-order chi connectivity index (χ1) is 21.0. The molecule has 0 aliphatic carbocycles. The summed E-state index contributed by atoms with van der Waals surface area (Å²) in [4.78, 5) is 20.2. The van der Waals surface area contributed by atoms with Crippen molar-refractivity contribution in [1.29, 1.82) is 0 Å². The zero-order valence-electron chi connectivity index (χ0n) is 29.0. The summed E-state index contributed by atoms with van der Waals surface area (Å²) in [7, 11) is 0. The zero-order chi connectivity index (χ0) is 32.5. The molecule has 0 spiro atoms. The van der Waals surface area contributed by atoms with Crippen LogP contribution < -0.4 is 10.2 Å². The van der Waals surface area contributed by atoms with E-state index in [0.29, 0.717) is 0 Å². The third-order valence-electron chi connectivity index (χ3n) is 7.05. The van der Waals surface area contributed by atoms with Crippen molar-refractivity contribution in [2.45, 2.75) is 191 Å². The molecule has 4 nitrogen and oxygen atoms in total. The van der Waals surface area contributed by atoms with E-state index < -0.39 is 11.9 Å². The number of carboxylic acid groups (broad SMARTS) is 2. The number of carboxylic acids is 2. The van der Waals surface area contributed by atoms with Gasteiger partial charge in [0, 0.05) is 11.9 Å². The fourth-order valence-corrected chi connectivity index (χ4v) is 8.43. The van der Waals surface area contributed by atoms with Crippen LogP contribution in [-0.4, -0.2) is 33.1 Å². The van der Waals surface area contributed by atoms with Gasteiger partial charge in [0.25, 0.3) is 0 Å². The summed E-state index contributed by atoms with van der Waals surface area (Å²) >= 11 is 0.149. The fraction of sp³-hybridized carbons (Fsp3) is 0.789. The van der Waals surface area contributed by atoms with Crippen molar-refractivity contribution in [2.75, 3.05) is 0 Å². The predicted molar refractivity (Wildman–Crippen MR) is 185 cm³/mol. The first-order valence-electron chi connectivity index (χ1n) is 18.1. The summed E-state index contributed by atoms with van der Waals surface area (Å²) in [6.07, 6.45) is 28.2. The third-order valence-corrected chi connectivity index (χ3v) is 11.1. The summed E-state index contributed by atoms with van der Waals surface area (Å²) in [5.74, 6) is -1.82. The number of hydrogen-bond acceptors (Lipinski definition) is 4. The summed E-state index contributed by atoms with van der Waals surface area (Å²) in [6.45, 7) is 9.03. The average Bonchev–Trinajstić information content (AvgIpc) is 3.01. The van der Waals surface area contributed by atoms with Gasteiger partial charge in [0.05, 0.1) is 0 Å². The molecule has 0 heterocycles. The molecule has 1 rings (SSSR count). The first-order valence-corrected chi connectivity index (χ1v) is 22.1. The Bertz CT molecular complexity index is 559. The second kappa shape index (κ2) is 45.4. The van der Waals surface area contributed by atoms with Gasteiger partial charge in [0.1, 0.15) is 0 Å². The van der Waals surface area contributed by atoms with Gasteiger partial charge in [-0.25, -0.2) is 0 Å². The number of carbonyl (C=O) groups is 2. The van der Waals surface area contributed by atoms with E-state index in [9.17, 15) is 19.8 Å². The quantitative estimate of drug-likeness (QED) is 0.0709. The van der Waals surface area contributed by atoms with E-state index in [1.54, 1.807) is 8.87 Å². The Morgan fingerprint density at radius 1 is 0.395 bits per heavy atom. The SMILES string of the molecule is CCCCCCCCCCCC(=O)[O-].CCCCCCCCCCCC(=O)[O-].CCC[CH2][Sn+2][CH2]CCC.c1ccccc1. The van der Waals surface area contributed by atoms with Crippen LogP contribution in [-0.2, 0) is 9.59 Å². The Hall–Kier alpha value is -1.04. The van der Waals surface area contributed by atoms with Crippen LogP contribution in [0.3, 0.4) is 0 Å². The van der Waals surface area contributed by atoms with Crippen LogP contribution in [0, 0.1) is 0 Å². The van der Waals surface area contributed by atoms with Crippen LogP contribution in [0.2, 0.25) is 8.87 Å². The summed E-state index contributed by atoms with van der Waals surface area (Å²) < 4.78 is 3.25. The molecular weight excluding hydrogens is 639 g/mol.